The number of aromatic carboxylic acids is 1. The van der Waals surface area contributed by atoms with Gasteiger partial charge in [0, 0.05) is 5.69 Å². The number of carboxylic acids is 1. The van der Waals surface area contributed by atoms with Crippen molar-refractivity contribution in [2.45, 2.75) is 6.42 Å². The standard InChI is InChI=1S/C9H10N2O3/c10-7-2-1-5(4-8(11)12)3-6(7)9(13)14/h1-3H,4,10H2,(H2,11,12)(H,13,14). The third kappa shape index (κ3) is 2.22. The lowest BCUT2D eigenvalue weighted by Crippen LogP contribution is -2.14. The fourth-order valence-corrected chi connectivity index (χ4v) is 1.10. The number of hydrogen-bond acceptors (Lipinski definition) is 3. The van der Waals surface area contributed by atoms with E-state index in [1.807, 2.05) is 0 Å². The molecule has 0 saturated heterocycles. The average molecular weight is 194 g/mol. The van der Waals surface area contributed by atoms with E-state index >= 15 is 0 Å². The van der Waals surface area contributed by atoms with Gasteiger partial charge in [-0.05, 0) is 17.7 Å². The summed E-state index contributed by atoms with van der Waals surface area (Å²) in [5.74, 6) is -1.63. The van der Waals surface area contributed by atoms with Gasteiger partial charge in [0.25, 0.3) is 0 Å². The molecule has 0 heterocycles. The van der Waals surface area contributed by atoms with E-state index in [-0.39, 0.29) is 17.7 Å². The molecule has 74 valence electrons. The lowest BCUT2D eigenvalue weighted by atomic mass is 10.1. The summed E-state index contributed by atoms with van der Waals surface area (Å²) in [6, 6.07) is 4.37. The molecule has 1 aromatic carbocycles. The first kappa shape index (κ1) is 10.0. The molecule has 0 atom stereocenters. The summed E-state index contributed by atoms with van der Waals surface area (Å²) in [5.41, 5.74) is 11.1. The van der Waals surface area contributed by atoms with Crippen LogP contribution in [0.4, 0.5) is 5.69 Å². The molecule has 0 unspecified atom stereocenters. The Balaban J connectivity index is 3.06. The summed E-state index contributed by atoms with van der Waals surface area (Å²) in [5, 5.41) is 8.73. The Bertz CT molecular complexity index is 388. The van der Waals surface area contributed by atoms with Crippen LogP contribution in [0.25, 0.3) is 0 Å². The van der Waals surface area contributed by atoms with Crippen molar-refractivity contribution in [3.8, 4) is 0 Å². The molecule has 0 aromatic heterocycles. The molecular formula is C9H10N2O3. The number of primary amides is 1. The summed E-state index contributed by atoms with van der Waals surface area (Å²) < 4.78 is 0. The van der Waals surface area contributed by atoms with Crippen molar-refractivity contribution in [2.75, 3.05) is 5.73 Å². The minimum absolute atomic E-state index is 0.0104. The first-order valence-corrected chi connectivity index (χ1v) is 3.90. The summed E-state index contributed by atoms with van der Waals surface area (Å²) >= 11 is 0. The van der Waals surface area contributed by atoms with E-state index in [0.29, 0.717) is 5.56 Å². The van der Waals surface area contributed by atoms with Crippen LogP contribution in [-0.2, 0) is 11.2 Å². The van der Waals surface area contributed by atoms with E-state index in [0.717, 1.165) is 0 Å². The highest BCUT2D eigenvalue weighted by Crippen LogP contribution is 2.14. The highest BCUT2D eigenvalue weighted by Gasteiger charge is 2.09. The van der Waals surface area contributed by atoms with Crippen molar-refractivity contribution < 1.29 is 14.7 Å². The van der Waals surface area contributed by atoms with Crippen LogP contribution in [-0.4, -0.2) is 17.0 Å². The Labute approximate surface area is 80.3 Å². The maximum Gasteiger partial charge on any atom is 0.337 e. The Morgan fingerprint density at radius 2 is 2.00 bits per heavy atom. The van der Waals surface area contributed by atoms with Crippen LogP contribution < -0.4 is 11.5 Å². The number of amides is 1. The maximum absolute atomic E-state index is 10.7. The number of hydrogen-bond donors (Lipinski definition) is 3. The molecule has 0 aliphatic heterocycles. The van der Waals surface area contributed by atoms with Crippen LogP contribution >= 0.6 is 0 Å². The topological polar surface area (TPSA) is 106 Å². The van der Waals surface area contributed by atoms with Crippen molar-refractivity contribution in [1.29, 1.82) is 0 Å². The van der Waals surface area contributed by atoms with Crippen molar-refractivity contribution in [3.05, 3.63) is 29.3 Å². The average Bonchev–Trinajstić information content (AvgIpc) is 2.07. The minimum Gasteiger partial charge on any atom is -0.478 e. The lowest BCUT2D eigenvalue weighted by molar-refractivity contribution is -0.117. The van der Waals surface area contributed by atoms with Crippen molar-refractivity contribution in [2.24, 2.45) is 5.73 Å². The number of carbonyl (C=O) groups is 2. The smallest absolute Gasteiger partial charge is 0.337 e. The summed E-state index contributed by atoms with van der Waals surface area (Å²) in [4.78, 5) is 21.2. The highest BCUT2D eigenvalue weighted by molar-refractivity contribution is 5.94. The number of nitrogens with two attached hydrogens (primary N) is 2. The molecule has 1 aromatic rings. The second-order valence-electron chi connectivity index (χ2n) is 2.87. The number of rotatable bonds is 3. The predicted molar refractivity (Wildman–Crippen MR) is 50.7 cm³/mol. The van der Waals surface area contributed by atoms with E-state index in [2.05, 4.69) is 0 Å². The molecule has 5 nitrogen and oxygen atoms in total. The Morgan fingerprint density at radius 1 is 1.36 bits per heavy atom. The number of carboxylic acid groups (broad SMARTS) is 1. The van der Waals surface area contributed by atoms with Crippen LogP contribution in [0.2, 0.25) is 0 Å². The fraction of sp³-hybridized carbons (Fsp3) is 0.111. The zero-order valence-corrected chi connectivity index (χ0v) is 7.36. The SMILES string of the molecule is NC(=O)Cc1ccc(N)c(C(=O)O)c1. The molecule has 1 rings (SSSR count). The first-order valence-electron chi connectivity index (χ1n) is 3.90. The van der Waals surface area contributed by atoms with E-state index in [1.54, 1.807) is 6.07 Å². The van der Waals surface area contributed by atoms with Gasteiger partial charge in [-0.25, -0.2) is 4.79 Å². The molecule has 0 spiro atoms. The van der Waals surface area contributed by atoms with Gasteiger partial charge in [-0.3, -0.25) is 4.79 Å². The van der Waals surface area contributed by atoms with Crippen molar-refractivity contribution in [3.63, 3.8) is 0 Å². The van der Waals surface area contributed by atoms with Gasteiger partial charge in [0.15, 0.2) is 0 Å². The second-order valence-corrected chi connectivity index (χ2v) is 2.87. The molecule has 14 heavy (non-hydrogen) atoms. The van der Waals surface area contributed by atoms with Gasteiger partial charge < -0.3 is 16.6 Å². The van der Waals surface area contributed by atoms with Crippen LogP contribution in [0, 0.1) is 0 Å². The largest absolute Gasteiger partial charge is 0.478 e. The normalized spacial score (nSPS) is 9.71. The molecule has 0 aliphatic rings. The Kier molecular flexibility index (Phi) is 2.71. The Morgan fingerprint density at radius 3 is 2.50 bits per heavy atom. The molecule has 0 bridgehead atoms. The number of benzene rings is 1. The third-order valence-electron chi connectivity index (χ3n) is 1.73. The molecule has 5 heteroatoms. The molecule has 5 N–H and O–H groups in total. The van der Waals surface area contributed by atoms with Crippen LogP contribution in [0.15, 0.2) is 18.2 Å². The van der Waals surface area contributed by atoms with Crippen LogP contribution in [0.3, 0.4) is 0 Å². The number of carbonyl (C=O) groups excluding carboxylic acids is 1. The summed E-state index contributed by atoms with van der Waals surface area (Å²) in [7, 11) is 0. The number of nitrogen functional groups attached to an aromatic ring is 1. The van der Waals surface area contributed by atoms with Crippen molar-refractivity contribution in [1.82, 2.24) is 0 Å². The highest BCUT2D eigenvalue weighted by atomic mass is 16.4. The van der Waals surface area contributed by atoms with E-state index in [4.69, 9.17) is 16.6 Å². The van der Waals surface area contributed by atoms with Crippen LogP contribution in [0.1, 0.15) is 15.9 Å². The summed E-state index contributed by atoms with van der Waals surface area (Å²) in [6.07, 6.45) is 0.0144. The van der Waals surface area contributed by atoms with Gasteiger partial charge in [-0.2, -0.15) is 0 Å². The zero-order chi connectivity index (χ0) is 10.7. The maximum atomic E-state index is 10.7. The first-order chi connectivity index (χ1) is 6.50. The molecule has 0 aliphatic carbocycles. The molecule has 1 amide bonds. The van der Waals surface area contributed by atoms with Gasteiger partial charge in [-0.1, -0.05) is 6.07 Å². The zero-order valence-electron chi connectivity index (χ0n) is 7.36. The lowest BCUT2D eigenvalue weighted by Gasteiger charge is -2.03. The molecule has 0 saturated carbocycles. The van der Waals surface area contributed by atoms with Gasteiger partial charge in [0.05, 0.1) is 12.0 Å². The predicted octanol–water partition coefficient (Wildman–Crippen LogP) is -0.00520. The van der Waals surface area contributed by atoms with Gasteiger partial charge >= 0.3 is 5.97 Å². The molecular weight excluding hydrogens is 184 g/mol. The minimum atomic E-state index is -1.12. The molecule has 0 fully saturated rings. The van der Waals surface area contributed by atoms with E-state index in [1.165, 1.54) is 12.1 Å². The Hall–Kier alpha value is -2.04. The second kappa shape index (κ2) is 3.78. The van der Waals surface area contributed by atoms with Gasteiger partial charge in [0.1, 0.15) is 0 Å². The third-order valence-corrected chi connectivity index (χ3v) is 1.73. The fourth-order valence-electron chi connectivity index (χ4n) is 1.10. The van der Waals surface area contributed by atoms with Crippen LogP contribution in [0.5, 0.6) is 0 Å². The van der Waals surface area contributed by atoms with Crippen molar-refractivity contribution >= 4 is 17.6 Å². The molecule has 0 radical (unpaired) electrons. The summed E-state index contributed by atoms with van der Waals surface area (Å²) in [6.45, 7) is 0. The monoisotopic (exact) mass is 194 g/mol. The number of anilines is 1. The van der Waals surface area contributed by atoms with Gasteiger partial charge in [0.2, 0.25) is 5.91 Å². The van der Waals surface area contributed by atoms with E-state index < -0.39 is 11.9 Å². The van der Waals surface area contributed by atoms with E-state index in [9.17, 15) is 9.59 Å². The quantitative estimate of drug-likeness (QED) is 0.588. The van der Waals surface area contributed by atoms with Gasteiger partial charge in [-0.15, -0.1) is 0 Å².